The zero-order valence-corrected chi connectivity index (χ0v) is 17.1. The average molecular weight is 427 g/mol. The number of aromatic nitrogens is 1. The molecule has 3 amide bonds. The lowest BCUT2D eigenvalue weighted by Crippen LogP contribution is -2.38. The number of aryl methyl sites for hydroxylation is 2. The van der Waals surface area contributed by atoms with Crippen LogP contribution in [-0.2, 0) is 11.3 Å². The van der Waals surface area contributed by atoms with Crippen molar-refractivity contribution >= 4 is 40.6 Å². The normalized spacial score (nSPS) is 12.9. The molecule has 8 nitrogen and oxygen atoms in total. The summed E-state index contributed by atoms with van der Waals surface area (Å²) in [5, 5.41) is 9.94. The predicted octanol–water partition coefficient (Wildman–Crippen LogP) is 4.51. The molecule has 0 saturated carbocycles. The second-order valence-electron chi connectivity index (χ2n) is 6.84. The van der Waals surface area contributed by atoms with Crippen molar-refractivity contribution in [2.75, 3.05) is 22.1 Å². The molecule has 0 unspecified atom stereocenters. The van der Waals surface area contributed by atoms with Gasteiger partial charge >= 0.3 is 6.03 Å². The molecule has 4 rings (SSSR count). The van der Waals surface area contributed by atoms with Gasteiger partial charge < -0.3 is 24.8 Å². The number of benzene rings is 2. The third-order valence-electron chi connectivity index (χ3n) is 4.74. The Morgan fingerprint density at radius 1 is 1.17 bits per heavy atom. The van der Waals surface area contributed by atoms with Gasteiger partial charge in [0.05, 0.1) is 17.9 Å². The summed E-state index contributed by atoms with van der Waals surface area (Å²) in [6.45, 7) is 3.88. The largest absolute Gasteiger partial charge is 0.482 e. The predicted molar refractivity (Wildman–Crippen MR) is 113 cm³/mol. The molecule has 2 heterocycles. The highest BCUT2D eigenvalue weighted by atomic mass is 35.5. The number of carbonyl (C=O) groups excluding carboxylic acids is 2. The molecule has 2 N–H and O–H groups in total. The summed E-state index contributed by atoms with van der Waals surface area (Å²) in [7, 11) is 0. The lowest BCUT2D eigenvalue weighted by Gasteiger charge is -2.29. The smallest absolute Gasteiger partial charge is 0.323 e. The van der Waals surface area contributed by atoms with E-state index in [0.717, 1.165) is 11.3 Å². The number of nitrogens with one attached hydrogen (secondary N) is 2. The fourth-order valence-corrected chi connectivity index (χ4v) is 3.39. The van der Waals surface area contributed by atoms with Crippen LogP contribution < -0.4 is 20.3 Å². The Balaban J connectivity index is 1.55. The van der Waals surface area contributed by atoms with Crippen molar-refractivity contribution in [1.29, 1.82) is 0 Å². The SMILES string of the molecule is Cc1noc(C)c1CN1C(=O)COc2ccc(NC(=O)Nc3cccc(Cl)c3)cc21. The molecule has 3 aromatic rings. The van der Waals surface area contributed by atoms with Crippen LogP contribution in [0.1, 0.15) is 17.0 Å². The fourth-order valence-electron chi connectivity index (χ4n) is 3.20. The monoisotopic (exact) mass is 426 g/mol. The first-order valence-electron chi connectivity index (χ1n) is 9.23. The minimum atomic E-state index is -0.433. The summed E-state index contributed by atoms with van der Waals surface area (Å²) in [5.41, 5.74) is 3.20. The van der Waals surface area contributed by atoms with E-state index >= 15 is 0 Å². The quantitative estimate of drug-likeness (QED) is 0.639. The molecular formula is C21H19ClN4O4. The molecule has 0 saturated heterocycles. The topological polar surface area (TPSA) is 96.7 Å². The summed E-state index contributed by atoms with van der Waals surface area (Å²) >= 11 is 5.94. The zero-order chi connectivity index (χ0) is 21.3. The number of nitrogens with zero attached hydrogens (tertiary/aromatic N) is 2. The van der Waals surface area contributed by atoms with Crippen LogP contribution in [0.25, 0.3) is 0 Å². The van der Waals surface area contributed by atoms with Gasteiger partial charge in [0, 0.05) is 22.0 Å². The van der Waals surface area contributed by atoms with Crippen molar-refractivity contribution in [3.8, 4) is 5.75 Å². The van der Waals surface area contributed by atoms with Crippen molar-refractivity contribution < 1.29 is 18.8 Å². The number of halogens is 1. The number of fused-ring (bicyclic) bond motifs is 1. The zero-order valence-electron chi connectivity index (χ0n) is 16.4. The van der Waals surface area contributed by atoms with Crippen LogP contribution in [0.2, 0.25) is 5.02 Å². The maximum Gasteiger partial charge on any atom is 0.323 e. The molecule has 0 radical (unpaired) electrons. The minimum Gasteiger partial charge on any atom is -0.482 e. The van der Waals surface area contributed by atoms with Gasteiger partial charge in [-0.1, -0.05) is 22.8 Å². The Kier molecular flexibility index (Phi) is 5.33. The van der Waals surface area contributed by atoms with Crippen LogP contribution >= 0.6 is 11.6 Å². The van der Waals surface area contributed by atoms with Crippen molar-refractivity contribution in [1.82, 2.24) is 5.16 Å². The Morgan fingerprint density at radius 3 is 2.63 bits per heavy atom. The van der Waals surface area contributed by atoms with Crippen molar-refractivity contribution in [2.45, 2.75) is 20.4 Å². The van der Waals surface area contributed by atoms with E-state index in [-0.39, 0.29) is 12.5 Å². The molecule has 9 heteroatoms. The van der Waals surface area contributed by atoms with E-state index in [0.29, 0.717) is 40.1 Å². The van der Waals surface area contributed by atoms with E-state index in [9.17, 15) is 9.59 Å². The maximum atomic E-state index is 12.6. The van der Waals surface area contributed by atoms with Gasteiger partial charge in [-0.15, -0.1) is 0 Å². The van der Waals surface area contributed by atoms with E-state index in [1.54, 1.807) is 54.3 Å². The highest BCUT2D eigenvalue weighted by molar-refractivity contribution is 6.30. The Labute approximate surface area is 177 Å². The Bertz CT molecular complexity index is 1110. The molecule has 1 aromatic heterocycles. The molecule has 1 aliphatic rings. The first-order valence-corrected chi connectivity index (χ1v) is 9.61. The maximum absolute atomic E-state index is 12.6. The van der Waals surface area contributed by atoms with E-state index in [1.165, 1.54) is 0 Å². The van der Waals surface area contributed by atoms with E-state index in [4.69, 9.17) is 20.9 Å². The molecular weight excluding hydrogens is 408 g/mol. The van der Waals surface area contributed by atoms with E-state index < -0.39 is 6.03 Å². The fraction of sp³-hybridized carbons (Fsp3) is 0.190. The van der Waals surface area contributed by atoms with Gasteiger partial charge in [0.2, 0.25) is 0 Å². The van der Waals surface area contributed by atoms with Crippen molar-refractivity contribution in [2.24, 2.45) is 0 Å². The van der Waals surface area contributed by atoms with Gasteiger partial charge in [0.15, 0.2) is 6.61 Å². The van der Waals surface area contributed by atoms with Crippen LogP contribution in [0, 0.1) is 13.8 Å². The summed E-state index contributed by atoms with van der Waals surface area (Å²) in [5.74, 6) is 1.02. The third kappa shape index (κ3) is 4.08. The van der Waals surface area contributed by atoms with Gasteiger partial charge in [0.25, 0.3) is 5.91 Å². The second-order valence-corrected chi connectivity index (χ2v) is 7.28. The number of anilines is 3. The van der Waals surface area contributed by atoms with Crippen molar-refractivity contribution in [3.05, 3.63) is 64.5 Å². The third-order valence-corrected chi connectivity index (χ3v) is 4.97. The van der Waals surface area contributed by atoms with Gasteiger partial charge in [-0.3, -0.25) is 4.79 Å². The number of hydrogen-bond acceptors (Lipinski definition) is 5. The van der Waals surface area contributed by atoms with Crippen LogP contribution in [0.5, 0.6) is 5.75 Å². The second kappa shape index (κ2) is 8.08. The Hall–Kier alpha value is -3.52. The van der Waals surface area contributed by atoms with E-state index in [1.807, 2.05) is 6.92 Å². The average Bonchev–Trinajstić information content (AvgIpc) is 3.02. The van der Waals surface area contributed by atoms with Crippen LogP contribution in [0.4, 0.5) is 21.9 Å². The molecule has 154 valence electrons. The number of urea groups is 1. The first-order chi connectivity index (χ1) is 14.4. The summed E-state index contributed by atoms with van der Waals surface area (Å²) in [4.78, 5) is 26.5. The molecule has 0 spiro atoms. The van der Waals surface area contributed by atoms with E-state index in [2.05, 4.69) is 15.8 Å². The number of rotatable bonds is 4. The molecule has 0 fully saturated rings. The molecule has 30 heavy (non-hydrogen) atoms. The number of hydrogen-bond donors (Lipinski definition) is 2. The molecule has 0 atom stereocenters. The lowest BCUT2D eigenvalue weighted by molar-refractivity contribution is -0.121. The summed E-state index contributed by atoms with van der Waals surface area (Å²) < 4.78 is 10.7. The number of amides is 3. The standard InChI is InChI=1S/C21H19ClN4O4/c1-12-17(13(2)30-25-12)10-26-18-9-16(6-7-19(18)29-11-20(26)27)24-21(28)23-15-5-3-4-14(22)8-15/h3-9H,10-11H2,1-2H3,(H2,23,24,28). The van der Waals surface area contributed by atoms with Crippen LogP contribution in [-0.4, -0.2) is 23.7 Å². The number of ether oxygens (including phenoxy) is 1. The van der Waals surface area contributed by atoms with Crippen molar-refractivity contribution in [3.63, 3.8) is 0 Å². The molecule has 0 bridgehead atoms. The lowest BCUT2D eigenvalue weighted by atomic mass is 10.1. The molecule has 2 aromatic carbocycles. The first kappa shape index (κ1) is 19.8. The highest BCUT2D eigenvalue weighted by Crippen LogP contribution is 2.36. The minimum absolute atomic E-state index is 0.0571. The van der Waals surface area contributed by atoms with Gasteiger partial charge in [-0.2, -0.15) is 0 Å². The molecule has 1 aliphatic heterocycles. The summed E-state index contributed by atoms with van der Waals surface area (Å²) in [6, 6.07) is 11.5. The highest BCUT2D eigenvalue weighted by Gasteiger charge is 2.28. The Morgan fingerprint density at radius 2 is 1.93 bits per heavy atom. The van der Waals surface area contributed by atoms with Gasteiger partial charge in [0.1, 0.15) is 11.5 Å². The van der Waals surface area contributed by atoms with Gasteiger partial charge in [-0.05, 0) is 50.2 Å². The molecule has 0 aliphatic carbocycles. The number of carbonyl (C=O) groups is 2. The van der Waals surface area contributed by atoms with Crippen LogP contribution in [0.3, 0.4) is 0 Å². The van der Waals surface area contributed by atoms with Gasteiger partial charge in [-0.25, -0.2) is 4.79 Å². The summed E-state index contributed by atoms with van der Waals surface area (Å²) in [6.07, 6.45) is 0. The van der Waals surface area contributed by atoms with Crippen LogP contribution in [0.15, 0.2) is 47.0 Å².